The predicted octanol–water partition coefficient (Wildman–Crippen LogP) is 3.29. The van der Waals surface area contributed by atoms with E-state index in [1.165, 1.54) is 18.4 Å². The van der Waals surface area contributed by atoms with Crippen LogP contribution >= 0.6 is 0 Å². The van der Waals surface area contributed by atoms with E-state index in [1.54, 1.807) is 7.05 Å². The van der Waals surface area contributed by atoms with Gasteiger partial charge in [0.25, 0.3) is 0 Å². The van der Waals surface area contributed by atoms with Crippen molar-refractivity contribution in [3.8, 4) is 5.75 Å². The van der Waals surface area contributed by atoms with Crippen molar-refractivity contribution in [1.82, 2.24) is 16.0 Å². The van der Waals surface area contributed by atoms with Gasteiger partial charge in [-0.05, 0) is 44.7 Å². The van der Waals surface area contributed by atoms with Gasteiger partial charge in [0.1, 0.15) is 5.75 Å². The minimum absolute atomic E-state index is 0.109. The molecule has 28 heavy (non-hydrogen) atoms. The molecule has 1 unspecified atom stereocenters. The van der Waals surface area contributed by atoms with Crippen LogP contribution in [0.5, 0.6) is 5.75 Å². The average molecular weight is 389 g/mol. The van der Waals surface area contributed by atoms with Gasteiger partial charge in [0, 0.05) is 38.2 Å². The lowest BCUT2D eigenvalue weighted by atomic mass is 10.1. The van der Waals surface area contributed by atoms with E-state index < -0.39 is 0 Å². The van der Waals surface area contributed by atoms with E-state index in [1.807, 2.05) is 0 Å². The fraction of sp³-hybridized carbons (Fsp3) is 0.636. The Bertz CT molecular complexity index is 654. The molecule has 0 radical (unpaired) electrons. The molecule has 1 aromatic carbocycles. The maximum absolute atomic E-state index is 12.0. The number of amides is 1. The SMILES string of the molecule is CCC(C)Oc1cc(C)ccc1CNC(=NC)NCCC(=O)NC1CCCC1. The Hall–Kier alpha value is -2.24. The van der Waals surface area contributed by atoms with Gasteiger partial charge in [-0.3, -0.25) is 9.79 Å². The minimum Gasteiger partial charge on any atom is -0.490 e. The molecule has 0 aliphatic heterocycles. The molecule has 3 N–H and O–H groups in total. The average Bonchev–Trinajstić information content (AvgIpc) is 3.18. The van der Waals surface area contributed by atoms with E-state index in [2.05, 4.69) is 59.9 Å². The summed E-state index contributed by atoms with van der Waals surface area (Å²) in [4.78, 5) is 16.3. The van der Waals surface area contributed by atoms with E-state index in [0.29, 0.717) is 31.5 Å². The van der Waals surface area contributed by atoms with Crippen molar-refractivity contribution in [2.24, 2.45) is 4.99 Å². The van der Waals surface area contributed by atoms with Crippen molar-refractivity contribution in [2.75, 3.05) is 13.6 Å². The molecule has 2 rings (SSSR count). The number of carbonyl (C=O) groups excluding carboxylic acids is 1. The van der Waals surface area contributed by atoms with Crippen LogP contribution in [0.2, 0.25) is 0 Å². The van der Waals surface area contributed by atoms with Gasteiger partial charge < -0.3 is 20.7 Å². The first kappa shape index (κ1) is 22.1. The second-order valence-corrected chi connectivity index (χ2v) is 7.60. The van der Waals surface area contributed by atoms with Crippen LogP contribution in [0.3, 0.4) is 0 Å². The van der Waals surface area contributed by atoms with E-state index in [-0.39, 0.29) is 12.0 Å². The zero-order chi connectivity index (χ0) is 20.4. The van der Waals surface area contributed by atoms with Crippen molar-refractivity contribution < 1.29 is 9.53 Å². The number of benzene rings is 1. The van der Waals surface area contributed by atoms with Gasteiger partial charge in [-0.15, -0.1) is 0 Å². The number of carbonyl (C=O) groups is 1. The Morgan fingerprint density at radius 2 is 2.04 bits per heavy atom. The summed E-state index contributed by atoms with van der Waals surface area (Å²) in [6, 6.07) is 6.62. The van der Waals surface area contributed by atoms with E-state index in [0.717, 1.165) is 30.6 Å². The Morgan fingerprint density at radius 1 is 1.29 bits per heavy atom. The lowest BCUT2D eigenvalue weighted by molar-refractivity contribution is -0.121. The van der Waals surface area contributed by atoms with Gasteiger partial charge in [-0.2, -0.15) is 0 Å². The summed E-state index contributed by atoms with van der Waals surface area (Å²) in [7, 11) is 1.74. The molecular weight excluding hydrogens is 352 g/mol. The molecule has 0 bridgehead atoms. The maximum Gasteiger partial charge on any atom is 0.221 e. The summed E-state index contributed by atoms with van der Waals surface area (Å²) in [6.45, 7) is 7.43. The van der Waals surface area contributed by atoms with E-state index in [9.17, 15) is 4.79 Å². The lowest BCUT2D eigenvalue weighted by Gasteiger charge is -2.18. The highest BCUT2D eigenvalue weighted by molar-refractivity contribution is 5.81. The lowest BCUT2D eigenvalue weighted by Crippen LogP contribution is -2.40. The third kappa shape index (κ3) is 7.41. The fourth-order valence-corrected chi connectivity index (χ4v) is 3.28. The molecule has 1 amide bonds. The molecule has 156 valence electrons. The molecule has 1 saturated carbocycles. The number of guanidine groups is 1. The van der Waals surface area contributed by atoms with Crippen LogP contribution in [0.25, 0.3) is 0 Å². The van der Waals surface area contributed by atoms with Crippen molar-refractivity contribution >= 4 is 11.9 Å². The van der Waals surface area contributed by atoms with Crippen LogP contribution in [-0.4, -0.2) is 37.6 Å². The zero-order valence-electron chi connectivity index (χ0n) is 17.8. The number of nitrogens with one attached hydrogen (secondary N) is 3. The summed E-state index contributed by atoms with van der Waals surface area (Å²) in [5, 5.41) is 9.64. The largest absolute Gasteiger partial charge is 0.490 e. The second-order valence-electron chi connectivity index (χ2n) is 7.60. The van der Waals surface area contributed by atoms with Crippen LogP contribution in [0.4, 0.5) is 0 Å². The highest BCUT2D eigenvalue weighted by Crippen LogP contribution is 2.22. The van der Waals surface area contributed by atoms with Crippen molar-refractivity contribution in [2.45, 2.75) is 78.0 Å². The molecular formula is C22H36N4O2. The first-order chi connectivity index (χ1) is 13.5. The zero-order valence-corrected chi connectivity index (χ0v) is 17.8. The van der Waals surface area contributed by atoms with Crippen LogP contribution < -0.4 is 20.7 Å². The third-order valence-corrected chi connectivity index (χ3v) is 5.16. The molecule has 6 nitrogen and oxygen atoms in total. The predicted molar refractivity (Wildman–Crippen MR) is 115 cm³/mol. The summed E-state index contributed by atoms with van der Waals surface area (Å²) in [5.41, 5.74) is 2.27. The molecule has 1 aliphatic rings. The number of aliphatic imine (C=N–C) groups is 1. The standard InChI is InChI=1S/C22H36N4O2/c1-5-17(3)28-20-14-16(2)10-11-18(20)15-25-22(23-4)24-13-12-21(27)26-19-8-6-7-9-19/h10-11,14,17,19H,5-9,12-13,15H2,1-4H3,(H,26,27)(H2,23,24,25). The highest BCUT2D eigenvalue weighted by Gasteiger charge is 2.16. The first-order valence-electron chi connectivity index (χ1n) is 10.5. The van der Waals surface area contributed by atoms with Gasteiger partial charge in [0.05, 0.1) is 6.10 Å². The van der Waals surface area contributed by atoms with Crippen molar-refractivity contribution in [3.05, 3.63) is 29.3 Å². The Balaban J connectivity index is 1.79. The van der Waals surface area contributed by atoms with Crippen LogP contribution in [0, 0.1) is 6.92 Å². The molecule has 1 aromatic rings. The molecule has 1 aliphatic carbocycles. The van der Waals surface area contributed by atoms with Gasteiger partial charge in [-0.25, -0.2) is 0 Å². The summed E-state index contributed by atoms with van der Waals surface area (Å²) < 4.78 is 6.06. The number of aryl methyl sites for hydroxylation is 1. The maximum atomic E-state index is 12.0. The van der Waals surface area contributed by atoms with Crippen LogP contribution in [0.1, 0.15) is 63.5 Å². The van der Waals surface area contributed by atoms with Gasteiger partial charge in [0.2, 0.25) is 5.91 Å². The number of nitrogens with zero attached hydrogens (tertiary/aromatic N) is 1. The quantitative estimate of drug-likeness (QED) is 0.448. The van der Waals surface area contributed by atoms with Crippen molar-refractivity contribution in [1.29, 1.82) is 0 Å². The minimum atomic E-state index is 0.109. The number of hydrogen-bond acceptors (Lipinski definition) is 3. The topological polar surface area (TPSA) is 74.8 Å². The highest BCUT2D eigenvalue weighted by atomic mass is 16.5. The second kappa shape index (κ2) is 11.6. The fourth-order valence-electron chi connectivity index (χ4n) is 3.28. The van der Waals surface area contributed by atoms with E-state index in [4.69, 9.17) is 4.74 Å². The number of ether oxygens (including phenoxy) is 1. The molecule has 6 heteroatoms. The van der Waals surface area contributed by atoms with Gasteiger partial charge in [0.15, 0.2) is 5.96 Å². The van der Waals surface area contributed by atoms with E-state index >= 15 is 0 Å². The molecule has 0 heterocycles. The molecule has 0 spiro atoms. The Kier molecular flexibility index (Phi) is 9.11. The molecule has 1 atom stereocenters. The van der Waals surface area contributed by atoms with Gasteiger partial charge >= 0.3 is 0 Å². The summed E-state index contributed by atoms with van der Waals surface area (Å²) in [6.07, 6.45) is 6.26. The Morgan fingerprint density at radius 3 is 2.71 bits per heavy atom. The van der Waals surface area contributed by atoms with Crippen molar-refractivity contribution in [3.63, 3.8) is 0 Å². The normalized spacial score (nSPS) is 15.9. The van der Waals surface area contributed by atoms with Crippen LogP contribution in [-0.2, 0) is 11.3 Å². The molecule has 0 saturated heterocycles. The number of rotatable bonds is 9. The third-order valence-electron chi connectivity index (χ3n) is 5.16. The van der Waals surface area contributed by atoms with Crippen LogP contribution in [0.15, 0.2) is 23.2 Å². The smallest absolute Gasteiger partial charge is 0.221 e. The monoisotopic (exact) mass is 388 g/mol. The first-order valence-corrected chi connectivity index (χ1v) is 10.5. The molecule has 1 fully saturated rings. The summed E-state index contributed by atoms with van der Waals surface area (Å²) >= 11 is 0. The number of hydrogen-bond donors (Lipinski definition) is 3. The summed E-state index contributed by atoms with van der Waals surface area (Å²) in [5.74, 6) is 1.70. The molecule has 0 aromatic heterocycles. The van der Waals surface area contributed by atoms with Gasteiger partial charge in [-0.1, -0.05) is 31.9 Å². The Labute approximate surface area is 169 Å².